The summed E-state index contributed by atoms with van der Waals surface area (Å²) in [6.07, 6.45) is 1.25. The molecule has 1 atom stereocenters. The number of unbranched alkanes of at least 4 members (excludes halogenated alkanes) is 1. The Hall–Kier alpha value is -4.31. The molecule has 41 heavy (non-hydrogen) atoms. The number of fused-ring (bicyclic) bond motifs is 1. The number of anilines is 2. The number of para-hydroxylation sites is 1. The zero-order chi connectivity index (χ0) is 29.4. The molecular weight excluding hydrogens is 555 g/mol. The van der Waals surface area contributed by atoms with Crippen LogP contribution in [0.4, 0.5) is 15.8 Å². The minimum Gasteiger partial charge on any atom is -0.494 e. The van der Waals surface area contributed by atoms with Crippen LogP contribution in [0.25, 0.3) is 0 Å². The number of carboxylic acids is 2. The van der Waals surface area contributed by atoms with Crippen molar-refractivity contribution in [2.75, 3.05) is 29.9 Å². The summed E-state index contributed by atoms with van der Waals surface area (Å²) in [5, 5.41) is 21.9. The zero-order valence-electron chi connectivity index (χ0n) is 22.1. The van der Waals surface area contributed by atoms with E-state index >= 15 is 0 Å². The van der Waals surface area contributed by atoms with Gasteiger partial charge in [0.15, 0.2) is 5.75 Å². The van der Waals surface area contributed by atoms with Gasteiger partial charge >= 0.3 is 11.9 Å². The number of rotatable bonds is 13. The third-order valence-electron chi connectivity index (χ3n) is 6.56. The lowest BCUT2D eigenvalue weighted by atomic mass is 10.1. The average molecular weight is 585 g/mol. The minimum absolute atomic E-state index is 0.0512. The largest absolute Gasteiger partial charge is 0.494 e. The van der Waals surface area contributed by atoms with E-state index in [0.29, 0.717) is 53.7 Å². The number of nitrogens with one attached hydrogen (secondary N) is 1. The van der Waals surface area contributed by atoms with Crippen LogP contribution in [-0.2, 0) is 16.0 Å². The molecule has 0 fully saturated rings. The van der Waals surface area contributed by atoms with E-state index in [4.69, 9.17) is 26.2 Å². The molecule has 1 amide bonds. The van der Waals surface area contributed by atoms with Gasteiger partial charge in [0.1, 0.15) is 11.6 Å². The van der Waals surface area contributed by atoms with Crippen LogP contribution in [0.5, 0.6) is 11.5 Å². The number of aryl methyl sites for hydroxylation is 1. The number of carboxylic acid groups (broad SMARTS) is 2. The smallest absolute Gasteiger partial charge is 0.346 e. The zero-order valence-corrected chi connectivity index (χ0v) is 22.9. The van der Waals surface area contributed by atoms with Crippen molar-refractivity contribution in [3.05, 3.63) is 82.6 Å². The highest BCUT2D eigenvalue weighted by Gasteiger charge is 2.32. The minimum atomic E-state index is -1.17. The first-order valence-electron chi connectivity index (χ1n) is 13.2. The first-order valence-corrected chi connectivity index (χ1v) is 13.6. The van der Waals surface area contributed by atoms with E-state index in [-0.39, 0.29) is 24.5 Å². The van der Waals surface area contributed by atoms with Crippen molar-refractivity contribution in [3.63, 3.8) is 0 Å². The molecule has 1 aliphatic rings. The highest BCUT2D eigenvalue weighted by atomic mass is 35.5. The third kappa shape index (κ3) is 8.11. The molecule has 0 radical (unpaired) electrons. The normalized spacial score (nSPS) is 14.1. The highest BCUT2D eigenvalue weighted by molar-refractivity contribution is 6.31. The lowest BCUT2D eigenvalue weighted by molar-refractivity contribution is -0.145. The summed E-state index contributed by atoms with van der Waals surface area (Å²) in [7, 11) is 0. The standard InChI is InChI=1S/C30H30ClFN2O7/c31-23-14-11-21(32)17-20(23)5-1-2-16-40-22-12-9-19(10-13-22)29(37)33-24-6-3-7-25-28(24)41-26(30(38)39)18-34(25)15-4-8-27(35)36/h3,6-7,9-14,17,26H,1-2,4-5,8,15-16,18H2,(H,33,37)(H,35,36)(H,38,39). The summed E-state index contributed by atoms with van der Waals surface area (Å²) in [5.41, 5.74) is 2.01. The van der Waals surface area contributed by atoms with Crippen molar-refractivity contribution in [1.82, 2.24) is 0 Å². The Balaban J connectivity index is 1.34. The maximum Gasteiger partial charge on any atom is 0.346 e. The number of halogens is 2. The number of hydrogen-bond donors (Lipinski definition) is 3. The van der Waals surface area contributed by atoms with Gasteiger partial charge in [-0.2, -0.15) is 0 Å². The predicted molar refractivity (Wildman–Crippen MR) is 152 cm³/mol. The predicted octanol–water partition coefficient (Wildman–Crippen LogP) is 5.65. The molecular formula is C30H30ClFN2O7. The summed E-state index contributed by atoms with van der Waals surface area (Å²) >= 11 is 6.10. The first-order chi connectivity index (χ1) is 19.7. The lowest BCUT2D eigenvalue weighted by Crippen LogP contribution is -2.45. The van der Waals surface area contributed by atoms with E-state index in [1.165, 1.54) is 12.1 Å². The molecule has 0 aromatic heterocycles. The van der Waals surface area contributed by atoms with Crippen molar-refractivity contribution in [1.29, 1.82) is 0 Å². The third-order valence-corrected chi connectivity index (χ3v) is 6.93. The monoisotopic (exact) mass is 584 g/mol. The topological polar surface area (TPSA) is 125 Å². The summed E-state index contributed by atoms with van der Waals surface area (Å²) in [4.78, 5) is 37.4. The van der Waals surface area contributed by atoms with Crippen LogP contribution in [0.1, 0.15) is 41.6 Å². The van der Waals surface area contributed by atoms with Crippen LogP contribution in [0.3, 0.4) is 0 Å². The number of carbonyl (C=O) groups is 3. The molecule has 1 aliphatic heterocycles. The maximum absolute atomic E-state index is 13.4. The fraction of sp³-hybridized carbons (Fsp3) is 0.300. The van der Waals surface area contributed by atoms with Crippen LogP contribution < -0.4 is 19.7 Å². The number of nitrogens with zero attached hydrogens (tertiary/aromatic N) is 1. The number of hydrogen-bond acceptors (Lipinski definition) is 6. The Labute approximate surface area is 241 Å². The summed E-state index contributed by atoms with van der Waals surface area (Å²) in [6, 6.07) is 16.0. The molecule has 1 heterocycles. The molecule has 11 heteroatoms. The second-order valence-electron chi connectivity index (χ2n) is 9.56. The van der Waals surface area contributed by atoms with Gasteiger partial charge < -0.3 is 29.9 Å². The van der Waals surface area contributed by atoms with Crippen LogP contribution in [-0.4, -0.2) is 53.9 Å². The number of amides is 1. The van der Waals surface area contributed by atoms with Crippen LogP contribution in [0, 0.1) is 5.82 Å². The fourth-order valence-electron chi connectivity index (χ4n) is 4.48. The quantitative estimate of drug-likeness (QED) is 0.220. The summed E-state index contributed by atoms with van der Waals surface area (Å²) in [6.45, 7) is 0.822. The second kappa shape index (κ2) is 13.8. The molecule has 9 nitrogen and oxygen atoms in total. The number of aliphatic carboxylic acids is 2. The molecule has 1 unspecified atom stereocenters. The maximum atomic E-state index is 13.4. The SMILES string of the molecule is O=C(O)CCCN1CC(C(=O)O)Oc2c(NC(=O)c3ccc(OCCCCc4cc(F)ccc4Cl)cc3)cccc21. The Morgan fingerprint density at radius 2 is 1.83 bits per heavy atom. The van der Waals surface area contributed by atoms with Crippen LogP contribution in [0.15, 0.2) is 60.7 Å². The van der Waals surface area contributed by atoms with E-state index in [0.717, 1.165) is 18.4 Å². The van der Waals surface area contributed by atoms with E-state index < -0.39 is 23.9 Å². The van der Waals surface area contributed by atoms with E-state index in [2.05, 4.69) is 5.32 Å². The van der Waals surface area contributed by atoms with Crippen LogP contribution >= 0.6 is 11.6 Å². The fourth-order valence-corrected chi connectivity index (χ4v) is 4.69. The van der Waals surface area contributed by atoms with E-state index in [1.807, 2.05) is 0 Å². The van der Waals surface area contributed by atoms with Gasteiger partial charge in [-0.1, -0.05) is 17.7 Å². The Bertz CT molecular complexity index is 1400. The molecule has 4 rings (SSSR count). The van der Waals surface area contributed by atoms with Gasteiger partial charge in [-0.15, -0.1) is 0 Å². The van der Waals surface area contributed by atoms with Gasteiger partial charge in [-0.25, -0.2) is 9.18 Å². The van der Waals surface area contributed by atoms with E-state index in [1.54, 1.807) is 53.4 Å². The van der Waals surface area contributed by atoms with Crippen molar-refractivity contribution < 1.29 is 38.5 Å². The molecule has 0 saturated heterocycles. The van der Waals surface area contributed by atoms with Crippen molar-refractivity contribution in [3.8, 4) is 11.5 Å². The molecule has 0 spiro atoms. The average Bonchev–Trinajstić information content (AvgIpc) is 2.95. The molecule has 0 bridgehead atoms. The molecule has 0 saturated carbocycles. The van der Waals surface area contributed by atoms with Gasteiger partial charge in [0, 0.05) is 23.6 Å². The molecule has 3 aromatic rings. The van der Waals surface area contributed by atoms with Gasteiger partial charge in [-0.05, 0) is 85.8 Å². The van der Waals surface area contributed by atoms with Crippen molar-refractivity contribution in [2.45, 2.75) is 38.2 Å². The second-order valence-corrected chi connectivity index (χ2v) is 9.97. The van der Waals surface area contributed by atoms with Gasteiger partial charge in [0.05, 0.1) is 24.5 Å². The van der Waals surface area contributed by atoms with Crippen molar-refractivity contribution >= 4 is 40.8 Å². The highest BCUT2D eigenvalue weighted by Crippen LogP contribution is 2.40. The molecule has 0 aliphatic carbocycles. The van der Waals surface area contributed by atoms with Gasteiger partial charge in [0.25, 0.3) is 5.91 Å². The molecule has 3 aromatic carbocycles. The molecule has 3 N–H and O–H groups in total. The van der Waals surface area contributed by atoms with Crippen LogP contribution in [0.2, 0.25) is 5.02 Å². The summed E-state index contributed by atoms with van der Waals surface area (Å²) < 4.78 is 24.9. The van der Waals surface area contributed by atoms with Crippen molar-refractivity contribution in [2.24, 2.45) is 0 Å². The number of ether oxygens (including phenoxy) is 2. The summed E-state index contributed by atoms with van der Waals surface area (Å²) in [5.74, 6) is -2.02. The lowest BCUT2D eigenvalue weighted by Gasteiger charge is -2.35. The Morgan fingerprint density at radius 1 is 1.05 bits per heavy atom. The van der Waals surface area contributed by atoms with E-state index in [9.17, 15) is 23.9 Å². The first kappa shape index (κ1) is 29.7. The number of benzene rings is 3. The van der Waals surface area contributed by atoms with Gasteiger partial charge in [-0.3, -0.25) is 9.59 Å². The Morgan fingerprint density at radius 3 is 2.56 bits per heavy atom. The number of carbonyl (C=O) groups excluding carboxylic acids is 1. The van der Waals surface area contributed by atoms with Gasteiger partial charge in [0.2, 0.25) is 6.10 Å². The molecule has 216 valence electrons. The Kier molecular flexibility index (Phi) is 10.0.